The molecule has 1 aromatic carbocycles. The van der Waals surface area contributed by atoms with Crippen LogP contribution >= 0.6 is 0 Å². The molecule has 1 aliphatic carbocycles. The van der Waals surface area contributed by atoms with Gasteiger partial charge in [-0.15, -0.1) is 0 Å². The van der Waals surface area contributed by atoms with Crippen LogP contribution in [-0.2, 0) is 6.42 Å². The van der Waals surface area contributed by atoms with Crippen LogP contribution in [0.25, 0.3) is 0 Å². The third kappa shape index (κ3) is 3.99. The second kappa shape index (κ2) is 7.42. The van der Waals surface area contributed by atoms with Gasteiger partial charge in [0, 0.05) is 6.20 Å². The summed E-state index contributed by atoms with van der Waals surface area (Å²) in [6.07, 6.45) is 7.22. The van der Waals surface area contributed by atoms with Gasteiger partial charge in [0.15, 0.2) is 0 Å². The Morgan fingerprint density at radius 3 is 2.70 bits per heavy atom. The van der Waals surface area contributed by atoms with Crippen molar-refractivity contribution in [2.45, 2.75) is 44.2 Å². The number of carbonyl (C=O) groups excluding carboxylic acids is 1. The topological polar surface area (TPSA) is 67.2 Å². The summed E-state index contributed by atoms with van der Waals surface area (Å²) in [5, 5.41) is 16.8. The van der Waals surface area contributed by atoms with Gasteiger partial charge < -0.3 is 10.4 Å². The Kier molecular flexibility index (Phi) is 5.08. The summed E-state index contributed by atoms with van der Waals surface area (Å²) in [5.74, 6) is -0.225. The molecule has 1 fully saturated rings. The molecule has 1 saturated carbocycles. The summed E-state index contributed by atoms with van der Waals surface area (Å²) < 4.78 is 1.91. The minimum absolute atomic E-state index is 0.0933. The molecule has 5 heteroatoms. The van der Waals surface area contributed by atoms with E-state index in [1.165, 1.54) is 12.8 Å². The molecule has 1 atom stereocenters. The lowest BCUT2D eigenvalue weighted by molar-refractivity contribution is 0.0910. The fourth-order valence-electron chi connectivity index (χ4n) is 3.15. The van der Waals surface area contributed by atoms with Crippen molar-refractivity contribution in [3.63, 3.8) is 0 Å². The Balaban J connectivity index is 1.60. The molecule has 122 valence electrons. The molecule has 0 bridgehead atoms. The molecular weight excluding hydrogens is 290 g/mol. The van der Waals surface area contributed by atoms with E-state index in [4.69, 9.17) is 0 Å². The highest BCUT2D eigenvalue weighted by Gasteiger charge is 2.20. The van der Waals surface area contributed by atoms with Gasteiger partial charge in [0.25, 0.3) is 5.91 Å². The van der Waals surface area contributed by atoms with Crippen LogP contribution in [0.3, 0.4) is 0 Å². The number of amides is 1. The van der Waals surface area contributed by atoms with E-state index in [1.807, 2.05) is 41.2 Å². The van der Waals surface area contributed by atoms with Crippen LogP contribution in [0.2, 0.25) is 0 Å². The Morgan fingerprint density at radius 1 is 1.26 bits per heavy atom. The summed E-state index contributed by atoms with van der Waals surface area (Å²) in [6.45, 7) is -0.0933. The van der Waals surface area contributed by atoms with Crippen molar-refractivity contribution in [2.75, 3.05) is 6.61 Å². The number of aliphatic hydroxyl groups is 1. The van der Waals surface area contributed by atoms with Crippen LogP contribution in [-0.4, -0.2) is 33.4 Å². The predicted molar refractivity (Wildman–Crippen MR) is 88.2 cm³/mol. The van der Waals surface area contributed by atoms with E-state index in [9.17, 15) is 9.90 Å². The molecule has 0 radical (unpaired) electrons. The van der Waals surface area contributed by atoms with Gasteiger partial charge in [0.05, 0.1) is 18.7 Å². The molecule has 1 heterocycles. The number of hydrogen-bond donors (Lipinski definition) is 2. The maximum absolute atomic E-state index is 12.3. The highest BCUT2D eigenvalue weighted by Crippen LogP contribution is 2.28. The monoisotopic (exact) mass is 313 g/mol. The SMILES string of the molecule is O=C(N[C@H](CO)Cc1ccccc1)c1ccn(C2CCCC2)n1. The molecule has 1 amide bonds. The molecular formula is C18H23N3O2. The first-order valence-corrected chi connectivity index (χ1v) is 8.27. The highest BCUT2D eigenvalue weighted by atomic mass is 16.3. The number of rotatable bonds is 6. The van der Waals surface area contributed by atoms with Crippen LogP contribution in [0, 0.1) is 0 Å². The Bertz CT molecular complexity index is 633. The summed E-state index contributed by atoms with van der Waals surface area (Å²) in [5.41, 5.74) is 1.51. The largest absolute Gasteiger partial charge is 0.394 e. The van der Waals surface area contributed by atoms with Crippen molar-refractivity contribution >= 4 is 5.91 Å². The van der Waals surface area contributed by atoms with E-state index in [1.54, 1.807) is 6.07 Å². The second-order valence-corrected chi connectivity index (χ2v) is 6.16. The average molecular weight is 313 g/mol. The van der Waals surface area contributed by atoms with Crippen molar-refractivity contribution in [3.8, 4) is 0 Å². The molecule has 1 aromatic heterocycles. The Hall–Kier alpha value is -2.14. The lowest BCUT2D eigenvalue weighted by Crippen LogP contribution is -2.39. The first-order chi connectivity index (χ1) is 11.3. The maximum Gasteiger partial charge on any atom is 0.272 e. The van der Waals surface area contributed by atoms with Gasteiger partial charge in [0.1, 0.15) is 5.69 Å². The summed E-state index contributed by atoms with van der Waals surface area (Å²) in [6, 6.07) is 11.7. The quantitative estimate of drug-likeness (QED) is 0.860. The Morgan fingerprint density at radius 2 is 2.00 bits per heavy atom. The minimum atomic E-state index is -0.304. The lowest BCUT2D eigenvalue weighted by Gasteiger charge is -2.15. The molecule has 0 saturated heterocycles. The number of hydrogen-bond acceptors (Lipinski definition) is 3. The molecule has 5 nitrogen and oxygen atoms in total. The predicted octanol–water partition coefficient (Wildman–Crippen LogP) is 2.33. The van der Waals surface area contributed by atoms with Gasteiger partial charge in [-0.1, -0.05) is 43.2 Å². The van der Waals surface area contributed by atoms with Crippen LogP contribution in [0.1, 0.15) is 47.8 Å². The number of nitrogens with zero attached hydrogens (tertiary/aromatic N) is 2. The van der Waals surface area contributed by atoms with Gasteiger partial charge >= 0.3 is 0 Å². The molecule has 23 heavy (non-hydrogen) atoms. The molecule has 0 unspecified atom stereocenters. The zero-order valence-corrected chi connectivity index (χ0v) is 13.2. The van der Waals surface area contributed by atoms with E-state index in [0.29, 0.717) is 18.2 Å². The maximum atomic E-state index is 12.3. The molecule has 2 N–H and O–H groups in total. The lowest BCUT2D eigenvalue weighted by atomic mass is 10.1. The number of aromatic nitrogens is 2. The highest BCUT2D eigenvalue weighted by molar-refractivity contribution is 5.92. The van der Waals surface area contributed by atoms with Gasteiger partial charge in [-0.25, -0.2) is 0 Å². The van der Waals surface area contributed by atoms with Gasteiger partial charge in [-0.05, 0) is 30.9 Å². The minimum Gasteiger partial charge on any atom is -0.394 e. The molecule has 0 aliphatic heterocycles. The van der Waals surface area contributed by atoms with E-state index in [0.717, 1.165) is 18.4 Å². The zero-order valence-electron chi connectivity index (χ0n) is 13.2. The van der Waals surface area contributed by atoms with Crippen molar-refractivity contribution in [1.82, 2.24) is 15.1 Å². The first-order valence-electron chi connectivity index (χ1n) is 8.27. The molecule has 3 rings (SSSR count). The van der Waals surface area contributed by atoms with E-state index >= 15 is 0 Å². The average Bonchev–Trinajstić information content (AvgIpc) is 3.26. The fraction of sp³-hybridized carbons (Fsp3) is 0.444. The third-order valence-corrected chi connectivity index (χ3v) is 4.42. The molecule has 2 aromatic rings. The van der Waals surface area contributed by atoms with Gasteiger partial charge in [-0.3, -0.25) is 9.48 Å². The number of nitrogens with one attached hydrogen (secondary N) is 1. The van der Waals surface area contributed by atoms with E-state index in [-0.39, 0.29) is 18.6 Å². The van der Waals surface area contributed by atoms with E-state index < -0.39 is 0 Å². The Labute approximate surface area is 136 Å². The fourth-order valence-corrected chi connectivity index (χ4v) is 3.15. The van der Waals surface area contributed by atoms with Crippen LogP contribution in [0.4, 0.5) is 0 Å². The number of carbonyl (C=O) groups is 1. The van der Waals surface area contributed by atoms with Gasteiger partial charge in [0.2, 0.25) is 0 Å². The summed E-state index contributed by atoms with van der Waals surface area (Å²) in [4.78, 5) is 12.3. The zero-order chi connectivity index (χ0) is 16.1. The van der Waals surface area contributed by atoms with Gasteiger partial charge in [-0.2, -0.15) is 5.10 Å². The van der Waals surface area contributed by atoms with Crippen molar-refractivity contribution < 1.29 is 9.90 Å². The van der Waals surface area contributed by atoms with Crippen molar-refractivity contribution in [1.29, 1.82) is 0 Å². The van der Waals surface area contributed by atoms with Crippen LogP contribution in [0.15, 0.2) is 42.6 Å². The van der Waals surface area contributed by atoms with Crippen molar-refractivity contribution in [2.24, 2.45) is 0 Å². The smallest absolute Gasteiger partial charge is 0.272 e. The first kappa shape index (κ1) is 15.7. The van der Waals surface area contributed by atoms with E-state index in [2.05, 4.69) is 10.4 Å². The number of aliphatic hydroxyl groups excluding tert-OH is 1. The van der Waals surface area contributed by atoms with Crippen LogP contribution < -0.4 is 5.32 Å². The van der Waals surface area contributed by atoms with Crippen molar-refractivity contribution in [3.05, 3.63) is 53.9 Å². The number of benzene rings is 1. The normalized spacial score (nSPS) is 16.4. The second-order valence-electron chi connectivity index (χ2n) is 6.16. The molecule has 0 spiro atoms. The standard InChI is InChI=1S/C18H23N3O2/c22-13-15(12-14-6-2-1-3-7-14)19-18(23)17-10-11-21(20-17)16-8-4-5-9-16/h1-3,6-7,10-11,15-16,22H,4-5,8-9,12-13H2,(H,19,23)/t15-/m0/s1. The molecule has 1 aliphatic rings. The summed E-state index contributed by atoms with van der Waals surface area (Å²) >= 11 is 0. The third-order valence-electron chi connectivity index (χ3n) is 4.42. The summed E-state index contributed by atoms with van der Waals surface area (Å²) in [7, 11) is 0. The van der Waals surface area contributed by atoms with Crippen LogP contribution in [0.5, 0.6) is 0 Å².